The number of hydrogen-bond donors (Lipinski definition) is 0. The average Bonchev–Trinajstić information content (AvgIpc) is 3.64. The summed E-state index contributed by atoms with van der Waals surface area (Å²) in [5.74, 6) is 0.954. The van der Waals surface area contributed by atoms with Crippen molar-refractivity contribution in [2.75, 3.05) is 0 Å². The van der Waals surface area contributed by atoms with Gasteiger partial charge in [-0.25, -0.2) is 0 Å². The Morgan fingerprint density at radius 3 is 2.07 bits per heavy atom. The number of hydrogen-bond acceptors (Lipinski definition) is 2. The highest BCUT2D eigenvalue weighted by Gasteiger charge is 2.51. The number of aromatic nitrogens is 1. The van der Waals surface area contributed by atoms with Crippen LogP contribution in [0, 0.1) is 11.3 Å². The van der Waals surface area contributed by atoms with Crippen LogP contribution in [-0.4, -0.2) is 4.57 Å². The van der Waals surface area contributed by atoms with Crippen LogP contribution in [0.4, 0.5) is 0 Å². The van der Waals surface area contributed by atoms with Gasteiger partial charge in [-0.05, 0) is 59.0 Å². The molecule has 210 valence electrons. The minimum absolute atomic E-state index is 0.0737. The van der Waals surface area contributed by atoms with Crippen LogP contribution in [0.5, 0.6) is 0 Å². The Hall–Kier alpha value is -5.33. The molecule has 0 amide bonds. The van der Waals surface area contributed by atoms with Crippen molar-refractivity contribution in [2.24, 2.45) is 0 Å². The van der Waals surface area contributed by atoms with Crippen LogP contribution < -0.4 is 0 Å². The van der Waals surface area contributed by atoms with E-state index in [1.165, 1.54) is 33.0 Å². The van der Waals surface area contributed by atoms with Gasteiger partial charge in [0.05, 0.1) is 22.3 Å². The van der Waals surface area contributed by atoms with Crippen LogP contribution >= 0.6 is 0 Å². The minimum Gasteiger partial charge on any atom is -0.456 e. The van der Waals surface area contributed by atoms with Gasteiger partial charge in [0.1, 0.15) is 17.4 Å². The predicted octanol–water partition coefficient (Wildman–Crippen LogP) is 10.3. The molecule has 9 rings (SSSR count). The largest absolute Gasteiger partial charge is 0.456 e. The van der Waals surface area contributed by atoms with Gasteiger partial charge >= 0.3 is 0 Å². The monoisotopic (exact) mass is 566 g/mol. The van der Waals surface area contributed by atoms with Gasteiger partial charge in [-0.15, -0.1) is 0 Å². The number of furan rings is 1. The van der Waals surface area contributed by atoms with Gasteiger partial charge < -0.3 is 8.98 Å². The lowest BCUT2D eigenvalue weighted by Gasteiger charge is -2.35. The van der Waals surface area contributed by atoms with Gasteiger partial charge in [0.2, 0.25) is 0 Å². The molecule has 0 aliphatic heterocycles. The average molecular weight is 567 g/mol. The highest BCUT2D eigenvalue weighted by atomic mass is 16.3. The smallest absolute Gasteiger partial charge is 0.135 e. The van der Waals surface area contributed by atoms with Crippen LogP contribution in [0.15, 0.2) is 119 Å². The maximum atomic E-state index is 10.5. The molecule has 0 spiro atoms. The van der Waals surface area contributed by atoms with Crippen molar-refractivity contribution < 1.29 is 4.42 Å². The third-order valence-corrected chi connectivity index (χ3v) is 10.4. The number of benzene rings is 5. The van der Waals surface area contributed by atoms with Gasteiger partial charge in [-0.1, -0.05) is 106 Å². The van der Waals surface area contributed by atoms with Crippen molar-refractivity contribution >= 4 is 38.9 Å². The van der Waals surface area contributed by atoms with Gasteiger partial charge in [-0.2, -0.15) is 5.26 Å². The Balaban J connectivity index is 1.35. The summed E-state index contributed by atoms with van der Waals surface area (Å²) in [6.07, 6.45) is 3.18. The Morgan fingerprint density at radius 1 is 0.705 bits per heavy atom. The first-order chi connectivity index (χ1) is 21.4. The molecule has 5 aromatic carbocycles. The number of nitriles is 1. The first kappa shape index (κ1) is 25.2. The summed E-state index contributed by atoms with van der Waals surface area (Å²) >= 11 is 0. The van der Waals surface area contributed by atoms with Crippen molar-refractivity contribution in [3.05, 3.63) is 143 Å². The molecule has 3 nitrogen and oxygen atoms in total. The quantitative estimate of drug-likeness (QED) is 0.209. The maximum Gasteiger partial charge on any atom is 0.135 e. The molecule has 2 aliphatic rings. The number of para-hydroxylation sites is 3. The van der Waals surface area contributed by atoms with E-state index in [0.717, 1.165) is 51.0 Å². The second-order valence-corrected chi connectivity index (χ2v) is 13.0. The zero-order valence-corrected chi connectivity index (χ0v) is 25.0. The van der Waals surface area contributed by atoms with Crippen molar-refractivity contribution in [1.29, 1.82) is 5.26 Å². The summed E-state index contributed by atoms with van der Waals surface area (Å²) < 4.78 is 8.95. The fourth-order valence-electron chi connectivity index (χ4n) is 8.51. The van der Waals surface area contributed by atoms with E-state index in [1.807, 2.05) is 12.1 Å². The molecule has 7 aromatic rings. The fourth-order valence-corrected chi connectivity index (χ4v) is 8.51. The van der Waals surface area contributed by atoms with Crippen molar-refractivity contribution in [1.82, 2.24) is 4.57 Å². The molecule has 2 aromatic heterocycles. The summed E-state index contributed by atoms with van der Waals surface area (Å²) in [6.45, 7) is 7.08. The molecule has 0 saturated carbocycles. The molecule has 0 N–H and O–H groups in total. The van der Waals surface area contributed by atoms with E-state index in [2.05, 4.69) is 135 Å². The molecule has 0 radical (unpaired) electrons. The standard InChI is InChI=1S/C41H30N2O/c1-40(2)31-17-6-7-18-32(31)41(3)23-30-36(22-37(40)41)44-35-21-11-15-28(38(30)35)29-16-10-12-25(24-42)39(29)43-33-19-8-4-13-26(33)27-14-5-9-20-34(27)43/h4-22H,23H2,1-3H3. The van der Waals surface area contributed by atoms with E-state index >= 15 is 0 Å². The molecular formula is C41H30N2O. The van der Waals surface area contributed by atoms with Crippen LogP contribution in [0.2, 0.25) is 0 Å². The molecule has 3 heteroatoms. The molecule has 44 heavy (non-hydrogen) atoms. The zero-order valence-electron chi connectivity index (χ0n) is 25.0. The first-order valence-electron chi connectivity index (χ1n) is 15.3. The van der Waals surface area contributed by atoms with E-state index in [1.54, 1.807) is 0 Å². The third-order valence-electron chi connectivity index (χ3n) is 10.4. The molecule has 2 aliphatic carbocycles. The SMILES string of the molecule is CC1(C)C2=Cc3oc4cccc(-c5cccc(C#N)c5-n5c6ccccc6c6ccccc65)c4c3CC2(C)c2ccccc21. The summed E-state index contributed by atoms with van der Waals surface area (Å²) in [5, 5.41) is 14.0. The summed E-state index contributed by atoms with van der Waals surface area (Å²) in [6, 6.07) is 40.9. The molecule has 2 heterocycles. The molecule has 0 fully saturated rings. The third kappa shape index (κ3) is 3.10. The van der Waals surface area contributed by atoms with Crippen LogP contribution in [0.3, 0.4) is 0 Å². The molecule has 1 atom stereocenters. The van der Waals surface area contributed by atoms with Crippen molar-refractivity contribution in [3.8, 4) is 22.9 Å². The van der Waals surface area contributed by atoms with E-state index < -0.39 is 0 Å². The molecule has 0 saturated heterocycles. The minimum atomic E-state index is -0.124. The van der Waals surface area contributed by atoms with E-state index in [9.17, 15) is 5.26 Å². The lowest BCUT2D eigenvalue weighted by Crippen LogP contribution is -2.31. The van der Waals surface area contributed by atoms with Gasteiger partial charge in [-0.3, -0.25) is 0 Å². The highest BCUT2D eigenvalue weighted by molar-refractivity contribution is 6.10. The Labute approximate surface area is 256 Å². The highest BCUT2D eigenvalue weighted by Crippen LogP contribution is 2.59. The van der Waals surface area contributed by atoms with Crippen LogP contribution in [0.1, 0.15) is 48.8 Å². The Bertz CT molecular complexity index is 2370. The lowest BCUT2D eigenvalue weighted by atomic mass is 9.68. The number of rotatable bonds is 2. The van der Waals surface area contributed by atoms with Crippen LogP contribution in [-0.2, 0) is 17.3 Å². The zero-order chi connectivity index (χ0) is 29.8. The Kier molecular flexibility index (Phi) is 4.93. The molecule has 0 bridgehead atoms. The van der Waals surface area contributed by atoms with Gasteiger partial charge in [0, 0.05) is 38.1 Å². The van der Waals surface area contributed by atoms with Gasteiger partial charge in [0.15, 0.2) is 0 Å². The first-order valence-corrected chi connectivity index (χ1v) is 15.3. The summed E-state index contributed by atoms with van der Waals surface area (Å²) in [7, 11) is 0. The molecule has 1 unspecified atom stereocenters. The second kappa shape index (κ2) is 8.62. The van der Waals surface area contributed by atoms with Crippen molar-refractivity contribution in [3.63, 3.8) is 0 Å². The summed E-state index contributed by atoms with van der Waals surface area (Å²) in [4.78, 5) is 0. The van der Waals surface area contributed by atoms with E-state index in [0.29, 0.717) is 5.56 Å². The number of nitrogens with zero attached hydrogens (tertiary/aromatic N) is 2. The Morgan fingerprint density at radius 2 is 1.34 bits per heavy atom. The lowest BCUT2D eigenvalue weighted by molar-refractivity contribution is 0.493. The predicted molar refractivity (Wildman–Crippen MR) is 179 cm³/mol. The summed E-state index contributed by atoms with van der Waals surface area (Å²) in [5.41, 5.74) is 12.0. The van der Waals surface area contributed by atoms with Gasteiger partial charge in [0.25, 0.3) is 0 Å². The topological polar surface area (TPSA) is 41.9 Å². The van der Waals surface area contributed by atoms with Crippen molar-refractivity contribution in [2.45, 2.75) is 38.0 Å². The second-order valence-electron chi connectivity index (χ2n) is 13.0. The van der Waals surface area contributed by atoms with E-state index in [4.69, 9.17) is 4.42 Å². The van der Waals surface area contributed by atoms with E-state index in [-0.39, 0.29) is 10.8 Å². The fraction of sp³-hybridized carbons (Fsp3) is 0.146. The number of fused-ring (bicyclic) bond motifs is 9. The normalized spacial score (nSPS) is 18.2. The maximum absolute atomic E-state index is 10.5. The number of allylic oxidation sites excluding steroid dienone is 1. The van der Waals surface area contributed by atoms with Crippen LogP contribution in [0.25, 0.3) is 55.7 Å². The molecular weight excluding hydrogens is 536 g/mol.